The number of hydrogen-bond donors (Lipinski definition) is 1. The summed E-state index contributed by atoms with van der Waals surface area (Å²) in [7, 11) is 3.32. The fraction of sp³-hybridized carbons (Fsp3) is 0.778. The molecule has 0 saturated heterocycles. The second-order valence-corrected chi connectivity index (χ2v) is 5.77. The average Bonchev–Trinajstić information content (AvgIpc) is 2.01. The van der Waals surface area contributed by atoms with Crippen LogP contribution >= 0.6 is 11.8 Å². The van der Waals surface area contributed by atoms with Gasteiger partial charge in [-0.15, -0.1) is 11.8 Å². The number of aliphatic carboxylic acids is 1. The van der Waals surface area contributed by atoms with E-state index < -0.39 is 10.7 Å². The minimum Gasteiger partial charge on any atom is -0.480 e. The number of nitrogens with zero attached hydrogens (tertiary/aromatic N) is 1. The molecule has 1 unspecified atom stereocenters. The Bertz CT molecular complexity index is 238. The monoisotopic (exact) mass is 219 g/mol. The number of amides is 1. The molecular formula is C9H17NO3S. The average molecular weight is 219 g/mol. The van der Waals surface area contributed by atoms with Gasteiger partial charge < -0.3 is 10.0 Å². The van der Waals surface area contributed by atoms with Crippen LogP contribution in [-0.4, -0.2) is 46.0 Å². The van der Waals surface area contributed by atoms with Gasteiger partial charge in [-0.25, -0.2) is 0 Å². The van der Waals surface area contributed by atoms with E-state index in [-0.39, 0.29) is 11.2 Å². The van der Waals surface area contributed by atoms with Crippen molar-refractivity contribution >= 4 is 23.6 Å². The Morgan fingerprint density at radius 3 is 2.07 bits per heavy atom. The molecule has 1 atom stereocenters. The zero-order chi connectivity index (χ0) is 11.5. The molecule has 0 aromatic heterocycles. The van der Waals surface area contributed by atoms with Crippen LogP contribution in [0.1, 0.15) is 20.8 Å². The second kappa shape index (κ2) is 4.68. The maximum absolute atomic E-state index is 11.5. The lowest BCUT2D eigenvalue weighted by molar-refractivity contribution is -0.138. The second-order valence-electron chi connectivity index (χ2n) is 3.81. The molecule has 0 aliphatic rings. The van der Waals surface area contributed by atoms with Gasteiger partial charge in [-0.1, -0.05) is 0 Å². The molecule has 1 amide bonds. The van der Waals surface area contributed by atoms with Gasteiger partial charge in [-0.05, 0) is 20.8 Å². The summed E-state index contributed by atoms with van der Waals surface area (Å²) >= 11 is 1.16. The Balaban J connectivity index is 4.39. The van der Waals surface area contributed by atoms with Crippen LogP contribution in [0.25, 0.3) is 0 Å². The summed E-state index contributed by atoms with van der Waals surface area (Å²) < 4.78 is -0.926. The highest BCUT2D eigenvalue weighted by Gasteiger charge is 2.32. The standard InChI is InChI=1S/C9H17NO3S/c1-6(7(11)10(4)5)14-9(2,3)8(12)13/h6H,1-5H3,(H,12,13). The lowest BCUT2D eigenvalue weighted by Gasteiger charge is -2.24. The molecule has 0 rings (SSSR count). The van der Waals surface area contributed by atoms with Gasteiger partial charge in [0.1, 0.15) is 4.75 Å². The number of carboxylic acid groups (broad SMARTS) is 1. The molecular weight excluding hydrogens is 202 g/mol. The third kappa shape index (κ3) is 3.57. The molecule has 14 heavy (non-hydrogen) atoms. The smallest absolute Gasteiger partial charge is 0.319 e. The molecule has 0 bridgehead atoms. The molecule has 1 N–H and O–H groups in total. The molecule has 0 aliphatic carbocycles. The predicted molar refractivity (Wildman–Crippen MR) is 57.5 cm³/mol. The first-order valence-corrected chi connectivity index (χ1v) is 5.19. The van der Waals surface area contributed by atoms with E-state index in [0.29, 0.717) is 0 Å². The number of rotatable bonds is 4. The van der Waals surface area contributed by atoms with Crippen molar-refractivity contribution in [2.75, 3.05) is 14.1 Å². The molecule has 0 heterocycles. The number of thioether (sulfide) groups is 1. The van der Waals surface area contributed by atoms with Gasteiger partial charge in [0, 0.05) is 14.1 Å². The van der Waals surface area contributed by atoms with E-state index >= 15 is 0 Å². The largest absolute Gasteiger partial charge is 0.480 e. The zero-order valence-electron chi connectivity index (χ0n) is 9.20. The normalized spacial score (nSPS) is 13.5. The molecule has 0 aromatic rings. The third-order valence-electron chi connectivity index (χ3n) is 1.77. The summed E-state index contributed by atoms with van der Waals surface area (Å²) in [5.74, 6) is -0.967. The molecule has 0 spiro atoms. The first kappa shape index (κ1) is 13.3. The van der Waals surface area contributed by atoms with E-state index in [0.717, 1.165) is 11.8 Å². The van der Waals surface area contributed by atoms with Gasteiger partial charge in [0.05, 0.1) is 5.25 Å². The fourth-order valence-corrected chi connectivity index (χ4v) is 2.20. The lowest BCUT2D eigenvalue weighted by Crippen LogP contribution is -2.36. The summed E-state index contributed by atoms with van der Waals surface area (Å²) in [5, 5.41) is 8.53. The minimum absolute atomic E-state index is 0.0654. The van der Waals surface area contributed by atoms with Crippen molar-refractivity contribution in [1.82, 2.24) is 4.90 Å². The van der Waals surface area contributed by atoms with E-state index in [1.165, 1.54) is 4.90 Å². The van der Waals surface area contributed by atoms with Crippen LogP contribution in [-0.2, 0) is 9.59 Å². The lowest BCUT2D eigenvalue weighted by atomic mass is 10.2. The molecule has 0 fully saturated rings. The van der Waals surface area contributed by atoms with Crippen LogP contribution in [0.5, 0.6) is 0 Å². The quantitative estimate of drug-likeness (QED) is 0.768. The highest BCUT2D eigenvalue weighted by molar-refractivity contribution is 8.02. The molecule has 0 radical (unpaired) electrons. The molecule has 4 nitrogen and oxygen atoms in total. The third-order valence-corrected chi connectivity index (χ3v) is 3.09. The van der Waals surface area contributed by atoms with Gasteiger partial charge in [-0.2, -0.15) is 0 Å². The Morgan fingerprint density at radius 2 is 1.79 bits per heavy atom. The summed E-state index contributed by atoms with van der Waals surface area (Å²) in [6.45, 7) is 4.91. The van der Waals surface area contributed by atoms with Gasteiger partial charge in [0.2, 0.25) is 5.91 Å². The molecule has 0 aromatic carbocycles. The van der Waals surface area contributed by atoms with E-state index in [4.69, 9.17) is 5.11 Å². The molecule has 82 valence electrons. The SMILES string of the molecule is CC(SC(C)(C)C(=O)O)C(=O)N(C)C. The Kier molecular flexibility index (Phi) is 4.45. The van der Waals surface area contributed by atoms with Crippen molar-refractivity contribution in [2.24, 2.45) is 0 Å². The maximum Gasteiger partial charge on any atom is 0.319 e. The maximum atomic E-state index is 11.5. The fourth-order valence-electron chi connectivity index (χ4n) is 0.906. The van der Waals surface area contributed by atoms with Crippen molar-refractivity contribution in [3.63, 3.8) is 0 Å². The topological polar surface area (TPSA) is 57.6 Å². The highest BCUT2D eigenvalue weighted by Crippen LogP contribution is 2.29. The van der Waals surface area contributed by atoms with Crippen molar-refractivity contribution < 1.29 is 14.7 Å². The van der Waals surface area contributed by atoms with Crippen LogP contribution in [0.3, 0.4) is 0 Å². The van der Waals surface area contributed by atoms with E-state index in [2.05, 4.69) is 0 Å². The Labute approximate surface area is 88.7 Å². The number of hydrogen-bond acceptors (Lipinski definition) is 3. The molecule has 5 heteroatoms. The van der Waals surface area contributed by atoms with Crippen molar-refractivity contribution in [1.29, 1.82) is 0 Å². The first-order chi connectivity index (χ1) is 6.18. The highest BCUT2D eigenvalue weighted by atomic mass is 32.2. The summed E-state index contributed by atoms with van der Waals surface area (Å²) in [6.07, 6.45) is 0. The Morgan fingerprint density at radius 1 is 1.36 bits per heavy atom. The van der Waals surface area contributed by atoms with Crippen LogP contribution in [0.2, 0.25) is 0 Å². The van der Waals surface area contributed by atoms with Crippen LogP contribution in [0, 0.1) is 0 Å². The van der Waals surface area contributed by atoms with Crippen molar-refractivity contribution in [3.8, 4) is 0 Å². The van der Waals surface area contributed by atoms with Gasteiger partial charge >= 0.3 is 5.97 Å². The minimum atomic E-state index is -0.926. The summed E-state index contributed by atoms with van der Waals surface area (Å²) in [6, 6.07) is 0. The van der Waals surface area contributed by atoms with E-state index in [1.807, 2.05) is 0 Å². The number of carboxylic acids is 1. The zero-order valence-corrected chi connectivity index (χ0v) is 10.0. The first-order valence-electron chi connectivity index (χ1n) is 4.31. The predicted octanol–water partition coefficient (Wildman–Crippen LogP) is 1.06. The number of carbonyl (C=O) groups is 2. The van der Waals surface area contributed by atoms with Crippen molar-refractivity contribution in [2.45, 2.75) is 30.8 Å². The van der Waals surface area contributed by atoms with Gasteiger partial charge in [0.15, 0.2) is 0 Å². The van der Waals surface area contributed by atoms with Gasteiger partial charge in [-0.3, -0.25) is 9.59 Å². The van der Waals surface area contributed by atoms with E-state index in [9.17, 15) is 9.59 Å². The van der Waals surface area contributed by atoms with Crippen LogP contribution in [0.4, 0.5) is 0 Å². The van der Waals surface area contributed by atoms with Gasteiger partial charge in [0.25, 0.3) is 0 Å². The summed E-state index contributed by atoms with van der Waals surface area (Å²) in [5.41, 5.74) is 0. The van der Waals surface area contributed by atoms with Crippen LogP contribution < -0.4 is 0 Å². The molecule has 0 saturated carbocycles. The Hall–Kier alpha value is -0.710. The van der Waals surface area contributed by atoms with Crippen molar-refractivity contribution in [3.05, 3.63) is 0 Å². The summed E-state index contributed by atoms with van der Waals surface area (Å²) in [4.78, 5) is 23.7. The van der Waals surface area contributed by atoms with E-state index in [1.54, 1.807) is 34.9 Å². The molecule has 0 aliphatic heterocycles. The van der Waals surface area contributed by atoms with Crippen LogP contribution in [0.15, 0.2) is 0 Å². The number of carbonyl (C=O) groups excluding carboxylic acids is 1.